The van der Waals surface area contributed by atoms with Gasteiger partial charge in [-0.1, -0.05) is 23.7 Å². The van der Waals surface area contributed by atoms with Crippen LogP contribution in [-0.2, 0) is 9.53 Å². The van der Waals surface area contributed by atoms with E-state index in [2.05, 4.69) is 20.4 Å². The summed E-state index contributed by atoms with van der Waals surface area (Å²) in [7, 11) is 0. The van der Waals surface area contributed by atoms with E-state index in [0.717, 1.165) is 30.2 Å². The number of ketones is 1. The molecule has 164 valence electrons. The Bertz CT molecular complexity index is 1080. The smallest absolute Gasteiger partial charge is 0.224 e. The van der Waals surface area contributed by atoms with Crippen molar-refractivity contribution in [2.75, 3.05) is 36.5 Å². The van der Waals surface area contributed by atoms with E-state index in [9.17, 15) is 9.59 Å². The molecule has 8 heteroatoms. The topological polar surface area (TPSA) is 84.4 Å². The Morgan fingerprint density at radius 2 is 1.75 bits per heavy atom. The molecule has 0 aliphatic carbocycles. The van der Waals surface area contributed by atoms with E-state index in [1.807, 2.05) is 30.3 Å². The number of hydrogen-bond donors (Lipinski definition) is 1. The van der Waals surface area contributed by atoms with Crippen LogP contribution >= 0.6 is 11.6 Å². The lowest BCUT2D eigenvalue weighted by Crippen LogP contribution is -2.36. The number of aromatic nitrogens is 2. The van der Waals surface area contributed by atoms with Crippen LogP contribution in [0.1, 0.15) is 23.2 Å². The van der Waals surface area contributed by atoms with Gasteiger partial charge in [-0.2, -0.15) is 0 Å². The van der Waals surface area contributed by atoms with Gasteiger partial charge in [-0.25, -0.2) is 0 Å². The third-order valence-corrected chi connectivity index (χ3v) is 5.42. The van der Waals surface area contributed by atoms with Crippen LogP contribution in [0.25, 0.3) is 11.3 Å². The molecule has 1 aliphatic rings. The first kappa shape index (κ1) is 21.9. The lowest BCUT2D eigenvalue weighted by molar-refractivity contribution is -0.116. The number of anilines is 2. The summed E-state index contributed by atoms with van der Waals surface area (Å²) < 4.78 is 5.37. The summed E-state index contributed by atoms with van der Waals surface area (Å²) in [5.74, 6) is 0.506. The predicted molar refractivity (Wildman–Crippen MR) is 124 cm³/mol. The van der Waals surface area contributed by atoms with Crippen LogP contribution in [0.3, 0.4) is 0 Å². The molecule has 7 nitrogen and oxygen atoms in total. The molecule has 32 heavy (non-hydrogen) atoms. The van der Waals surface area contributed by atoms with Crippen molar-refractivity contribution in [2.24, 2.45) is 0 Å². The van der Waals surface area contributed by atoms with Gasteiger partial charge >= 0.3 is 0 Å². The lowest BCUT2D eigenvalue weighted by Gasteiger charge is -2.27. The van der Waals surface area contributed by atoms with E-state index in [4.69, 9.17) is 16.3 Å². The summed E-state index contributed by atoms with van der Waals surface area (Å²) in [6, 6.07) is 17.9. The monoisotopic (exact) mass is 450 g/mol. The summed E-state index contributed by atoms with van der Waals surface area (Å²) in [6.07, 6.45) is 0.224. The number of carbonyl (C=O) groups is 2. The van der Waals surface area contributed by atoms with Crippen molar-refractivity contribution in [1.29, 1.82) is 0 Å². The van der Waals surface area contributed by atoms with Crippen LogP contribution in [0.5, 0.6) is 0 Å². The zero-order chi connectivity index (χ0) is 22.3. The van der Waals surface area contributed by atoms with E-state index in [1.165, 1.54) is 0 Å². The van der Waals surface area contributed by atoms with Gasteiger partial charge in [0.2, 0.25) is 5.91 Å². The van der Waals surface area contributed by atoms with Crippen molar-refractivity contribution >= 4 is 34.8 Å². The Morgan fingerprint density at radius 3 is 2.47 bits per heavy atom. The van der Waals surface area contributed by atoms with Gasteiger partial charge in [0.05, 0.1) is 18.9 Å². The predicted octanol–water partition coefficient (Wildman–Crippen LogP) is 4.24. The largest absolute Gasteiger partial charge is 0.378 e. The van der Waals surface area contributed by atoms with Crippen LogP contribution < -0.4 is 10.2 Å². The van der Waals surface area contributed by atoms with E-state index < -0.39 is 0 Å². The maximum atomic E-state index is 12.3. The van der Waals surface area contributed by atoms with E-state index in [0.29, 0.717) is 29.5 Å². The maximum absolute atomic E-state index is 12.3. The number of nitrogens with zero attached hydrogens (tertiary/aromatic N) is 3. The Morgan fingerprint density at radius 1 is 0.969 bits per heavy atom. The third-order valence-electron chi connectivity index (χ3n) is 5.17. The molecule has 3 aromatic rings. The normalized spacial score (nSPS) is 13.6. The Kier molecular flexibility index (Phi) is 7.09. The summed E-state index contributed by atoms with van der Waals surface area (Å²) in [4.78, 5) is 26.7. The summed E-state index contributed by atoms with van der Waals surface area (Å²) in [5, 5.41) is 12.1. The standard InChI is InChI=1S/C24H23ClN4O3/c25-19-6-4-17(5-7-19)22(30)9-11-24(31)26-20-3-1-2-18(16-20)21-8-10-23(28-27-21)29-12-14-32-15-13-29/h1-8,10,16H,9,11-15H2,(H,26,31). The molecule has 0 spiro atoms. The quantitative estimate of drug-likeness (QED) is 0.542. The molecule has 1 N–H and O–H groups in total. The molecule has 2 heterocycles. The number of carbonyl (C=O) groups excluding carboxylic acids is 2. The molecule has 0 radical (unpaired) electrons. The number of halogens is 1. The maximum Gasteiger partial charge on any atom is 0.224 e. The number of hydrogen-bond acceptors (Lipinski definition) is 6. The molecule has 1 saturated heterocycles. The van der Waals surface area contributed by atoms with Crippen molar-refractivity contribution in [2.45, 2.75) is 12.8 Å². The fraction of sp³-hybridized carbons (Fsp3) is 0.250. The highest BCUT2D eigenvalue weighted by Gasteiger charge is 2.14. The Labute approximate surface area is 191 Å². The second-order valence-electron chi connectivity index (χ2n) is 7.44. The molecule has 0 unspecified atom stereocenters. The van der Waals surface area contributed by atoms with Crippen LogP contribution in [0.4, 0.5) is 11.5 Å². The number of Topliss-reactive ketones (excluding diaryl/α,β-unsaturated/α-hetero) is 1. The molecule has 2 aromatic carbocycles. The van der Waals surface area contributed by atoms with Gasteiger partial charge in [-0.15, -0.1) is 10.2 Å². The second kappa shape index (κ2) is 10.3. The second-order valence-corrected chi connectivity index (χ2v) is 7.87. The first-order chi connectivity index (χ1) is 15.6. The van der Waals surface area contributed by atoms with Crippen LogP contribution in [0.15, 0.2) is 60.7 Å². The molecular weight excluding hydrogens is 428 g/mol. The number of benzene rings is 2. The van der Waals surface area contributed by atoms with Crippen LogP contribution in [0.2, 0.25) is 5.02 Å². The molecule has 4 rings (SSSR count). The molecular formula is C24H23ClN4O3. The molecule has 1 amide bonds. The molecule has 0 atom stereocenters. The summed E-state index contributed by atoms with van der Waals surface area (Å²) in [5.41, 5.74) is 2.76. The van der Waals surface area contributed by atoms with Crippen LogP contribution in [-0.4, -0.2) is 48.2 Å². The highest BCUT2D eigenvalue weighted by molar-refractivity contribution is 6.30. The molecule has 0 bridgehead atoms. The van der Waals surface area contributed by atoms with Crippen molar-refractivity contribution in [3.8, 4) is 11.3 Å². The van der Waals surface area contributed by atoms with E-state index >= 15 is 0 Å². The van der Waals surface area contributed by atoms with Crippen molar-refractivity contribution in [3.63, 3.8) is 0 Å². The van der Waals surface area contributed by atoms with Crippen LogP contribution in [0, 0.1) is 0 Å². The van der Waals surface area contributed by atoms with Gasteiger partial charge in [0, 0.05) is 47.8 Å². The van der Waals surface area contributed by atoms with Gasteiger partial charge < -0.3 is 15.0 Å². The Balaban J connectivity index is 1.34. The Hall–Kier alpha value is -3.29. The zero-order valence-corrected chi connectivity index (χ0v) is 18.2. The lowest BCUT2D eigenvalue weighted by atomic mass is 10.1. The first-order valence-corrected chi connectivity index (χ1v) is 10.8. The summed E-state index contributed by atoms with van der Waals surface area (Å²) in [6.45, 7) is 2.99. The minimum Gasteiger partial charge on any atom is -0.378 e. The molecule has 1 aromatic heterocycles. The third kappa shape index (κ3) is 5.69. The molecule has 1 aliphatic heterocycles. The minimum absolute atomic E-state index is 0.0961. The van der Waals surface area contributed by atoms with Crippen molar-refractivity contribution < 1.29 is 14.3 Å². The number of amides is 1. The van der Waals surface area contributed by atoms with E-state index in [-0.39, 0.29) is 24.5 Å². The van der Waals surface area contributed by atoms with Gasteiger partial charge in [0.1, 0.15) is 0 Å². The highest BCUT2D eigenvalue weighted by Crippen LogP contribution is 2.22. The van der Waals surface area contributed by atoms with Crippen molar-refractivity contribution in [3.05, 3.63) is 71.2 Å². The first-order valence-electron chi connectivity index (χ1n) is 10.4. The highest BCUT2D eigenvalue weighted by atomic mass is 35.5. The average molecular weight is 451 g/mol. The fourth-order valence-corrected chi connectivity index (χ4v) is 3.55. The van der Waals surface area contributed by atoms with Gasteiger partial charge in [-0.05, 0) is 48.5 Å². The number of morpholine rings is 1. The number of ether oxygens (including phenoxy) is 1. The minimum atomic E-state index is -0.224. The SMILES string of the molecule is O=C(CCC(=O)c1ccc(Cl)cc1)Nc1cccc(-c2ccc(N3CCOCC3)nn2)c1. The zero-order valence-electron chi connectivity index (χ0n) is 17.5. The number of nitrogens with one attached hydrogen (secondary N) is 1. The van der Waals surface area contributed by atoms with Gasteiger partial charge in [-0.3, -0.25) is 9.59 Å². The van der Waals surface area contributed by atoms with Gasteiger partial charge in [0.25, 0.3) is 0 Å². The van der Waals surface area contributed by atoms with Gasteiger partial charge in [0.15, 0.2) is 11.6 Å². The fourth-order valence-electron chi connectivity index (χ4n) is 3.43. The number of rotatable bonds is 7. The average Bonchev–Trinajstić information content (AvgIpc) is 2.84. The summed E-state index contributed by atoms with van der Waals surface area (Å²) >= 11 is 5.84. The van der Waals surface area contributed by atoms with E-state index in [1.54, 1.807) is 30.3 Å². The molecule has 0 saturated carbocycles. The van der Waals surface area contributed by atoms with Crippen molar-refractivity contribution in [1.82, 2.24) is 10.2 Å². The molecule has 1 fully saturated rings.